The quantitative estimate of drug-likeness (QED) is 0.695. The fourth-order valence-corrected chi connectivity index (χ4v) is 3.99. The Morgan fingerprint density at radius 2 is 1.75 bits per heavy atom. The molecule has 0 spiro atoms. The van der Waals surface area contributed by atoms with E-state index < -0.39 is 0 Å². The van der Waals surface area contributed by atoms with E-state index in [-0.39, 0.29) is 0 Å². The number of hydrogen-bond donors (Lipinski definition) is 0. The van der Waals surface area contributed by atoms with Gasteiger partial charge in [-0.15, -0.1) is 0 Å². The van der Waals surface area contributed by atoms with E-state index in [2.05, 4.69) is 47.8 Å². The zero-order valence-electron chi connectivity index (χ0n) is 6.44. The molecule has 0 fully saturated rings. The summed E-state index contributed by atoms with van der Waals surface area (Å²) in [5.74, 6) is 0. The standard InChI is InChI=1S/C10H8SSe/c1-2-5-9(6-3-1)12-10-7-4-8-11-10/h1-8H. The Balaban J connectivity index is 2.15. The van der Waals surface area contributed by atoms with E-state index >= 15 is 0 Å². The maximum atomic E-state index is 2.21. The van der Waals surface area contributed by atoms with Crippen LogP contribution in [0.25, 0.3) is 0 Å². The molecule has 12 heavy (non-hydrogen) atoms. The van der Waals surface area contributed by atoms with Crippen molar-refractivity contribution in [2.24, 2.45) is 0 Å². The van der Waals surface area contributed by atoms with Gasteiger partial charge in [-0.05, 0) is 0 Å². The van der Waals surface area contributed by atoms with Crippen LogP contribution in [0.15, 0.2) is 47.8 Å². The van der Waals surface area contributed by atoms with Gasteiger partial charge < -0.3 is 0 Å². The molecule has 60 valence electrons. The number of benzene rings is 1. The van der Waals surface area contributed by atoms with Gasteiger partial charge >= 0.3 is 82.4 Å². The molecule has 0 saturated carbocycles. The topological polar surface area (TPSA) is 0 Å². The summed E-state index contributed by atoms with van der Waals surface area (Å²) in [6, 6.07) is 15.0. The molecule has 0 N–H and O–H groups in total. The first-order valence-electron chi connectivity index (χ1n) is 3.71. The van der Waals surface area contributed by atoms with E-state index in [0.717, 1.165) is 0 Å². The van der Waals surface area contributed by atoms with E-state index in [1.807, 2.05) is 11.3 Å². The molecular weight excluding hydrogens is 231 g/mol. The second-order valence-electron chi connectivity index (χ2n) is 2.35. The van der Waals surface area contributed by atoms with Crippen LogP contribution >= 0.6 is 11.3 Å². The molecule has 0 aliphatic rings. The second kappa shape index (κ2) is 3.90. The Morgan fingerprint density at radius 3 is 2.42 bits per heavy atom. The second-order valence-corrected chi connectivity index (χ2v) is 6.22. The average Bonchev–Trinajstić information content (AvgIpc) is 2.59. The molecule has 2 heteroatoms. The predicted octanol–water partition coefficient (Wildman–Crippen LogP) is 1.40. The minimum atomic E-state index is 0.509. The van der Waals surface area contributed by atoms with Crippen molar-refractivity contribution in [2.45, 2.75) is 0 Å². The van der Waals surface area contributed by atoms with Crippen LogP contribution in [0, 0.1) is 0 Å². The summed E-state index contributed by atoms with van der Waals surface area (Å²) in [7, 11) is 0. The van der Waals surface area contributed by atoms with Crippen LogP contribution in [0.4, 0.5) is 0 Å². The van der Waals surface area contributed by atoms with Crippen LogP contribution in [0.2, 0.25) is 0 Å². The van der Waals surface area contributed by atoms with Crippen LogP contribution in [0.1, 0.15) is 0 Å². The van der Waals surface area contributed by atoms with Gasteiger partial charge in [-0.3, -0.25) is 0 Å². The van der Waals surface area contributed by atoms with Crippen molar-refractivity contribution in [3.05, 3.63) is 47.8 Å². The van der Waals surface area contributed by atoms with E-state index in [9.17, 15) is 0 Å². The Hall–Kier alpha value is -0.561. The molecule has 2 aromatic rings. The predicted molar refractivity (Wildman–Crippen MR) is 55.8 cm³/mol. The number of hydrogen-bond acceptors (Lipinski definition) is 1. The van der Waals surface area contributed by atoms with E-state index in [4.69, 9.17) is 0 Å². The molecular formula is C10H8SSe. The van der Waals surface area contributed by atoms with Gasteiger partial charge in [0.25, 0.3) is 0 Å². The summed E-state index contributed by atoms with van der Waals surface area (Å²) in [4.78, 5) is 0. The van der Waals surface area contributed by atoms with Crippen LogP contribution in [-0.2, 0) is 0 Å². The molecule has 0 radical (unpaired) electrons. The first-order valence-corrected chi connectivity index (χ1v) is 6.31. The summed E-state index contributed by atoms with van der Waals surface area (Å²) in [5, 5.41) is 2.14. The van der Waals surface area contributed by atoms with E-state index in [1.165, 1.54) is 8.24 Å². The third-order valence-corrected chi connectivity index (χ3v) is 4.93. The van der Waals surface area contributed by atoms with Crippen molar-refractivity contribution in [1.29, 1.82) is 0 Å². The summed E-state index contributed by atoms with van der Waals surface area (Å²) in [6.45, 7) is 0. The van der Waals surface area contributed by atoms with Crippen molar-refractivity contribution in [2.75, 3.05) is 0 Å². The van der Waals surface area contributed by atoms with E-state index in [0.29, 0.717) is 15.0 Å². The van der Waals surface area contributed by atoms with Crippen molar-refractivity contribution in [3.8, 4) is 0 Å². The molecule has 0 bridgehead atoms. The molecule has 0 atom stereocenters. The number of thiophene rings is 1. The average molecular weight is 239 g/mol. The molecule has 0 amide bonds. The molecule has 1 aromatic carbocycles. The molecule has 2 rings (SSSR count). The van der Waals surface area contributed by atoms with Gasteiger partial charge in [0.2, 0.25) is 0 Å². The Morgan fingerprint density at radius 1 is 0.917 bits per heavy atom. The molecule has 1 heterocycles. The van der Waals surface area contributed by atoms with Crippen LogP contribution in [0.3, 0.4) is 0 Å². The molecule has 0 unspecified atom stereocenters. The van der Waals surface area contributed by atoms with Gasteiger partial charge in [-0.25, -0.2) is 0 Å². The monoisotopic (exact) mass is 240 g/mol. The summed E-state index contributed by atoms with van der Waals surface area (Å²) in [6.07, 6.45) is 0. The fourth-order valence-electron chi connectivity index (χ4n) is 0.926. The van der Waals surface area contributed by atoms with Crippen LogP contribution in [-0.4, -0.2) is 15.0 Å². The summed E-state index contributed by atoms with van der Waals surface area (Å²) >= 11 is 2.35. The van der Waals surface area contributed by atoms with Crippen LogP contribution in [0.5, 0.6) is 0 Å². The van der Waals surface area contributed by atoms with Gasteiger partial charge in [0, 0.05) is 0 Å². The van der Waals surface area contributed by atoms with Crippen molar-refractivity contribution < 1.29 is 0 Å². The zero-order chi connectivity index (χ0) is 8.23. The van der Waals surface area contributed by atoms with Crippen LogP contribution < -0.4 is 8.24 Å². The van der Waals surface area contributed by atoms with Gasteiger partial charge in [-0.1, -0.05) is 0 Å². The zero-order valence-corrected chi connectivity index (χ0v) is 8.96. The SMILES string of the molecule is c1ccc([Se]c2cccs2)cc1. The van der Waals surface area contributed by atoms with Gasteiger partial charge in [0.1, 0.15) is 0 Å². The van der Waals surface area contributed by atoms with Crippen molar-refractivity contribution in [3.63, 3.8) is 0 Å². The third kappa shape index (κ3) is 1.98. The molecule has 0 aliphatic heterocycles. The number of rotatable bonds is 2. The molecule has 1 aromatic heterocycles. The molecule has 0 saturated heterocycles. The first-order chi connectivity index (χ1) is 5.95. The third-order valence-electron chi connectivity index (χ3n) is 1.46. The minimum absolute atomic E-state index is 0.509. The molecule has 0 nitrogen and oxygen atoms in total. The Labute approximate surface area is 82.4 Å². The van der Waals surface area contributed by atoms with Gasteiger partial charge in [-0.2, -0.15) is 0 Å². The van der Waals surface area contributed by atoms with Gasteiger partial charge in [0.05, 0.1) is 0 Å². The first kappa shape index (κ1) is 8.06. The summed E-state index contributed by atoms with van der Waals surface area (Å²) < 4.78 is 2.95. The normalized spacial score (nSPS) is 10.0. The Kier molecular flexibility index (Phi) is 2.62. The fraction of sp³-hybridized carbons (Fsp3) is 0. The molecule has 0 aliphatic carbocycles. The summed E-state index contributed by atoms with van der Waals surface area (Å²) in [5.41, 5.74) is 0. The van der Waals surface area contributed by atoms with Crippen molar-refractivity contribution in [1.82, 2.24) is 0 Å². The Bertz CT molecular complexity index is 326. The van der Waals surface area contributed by atoms with Gasteiger partial charge in [0.15, 0.2) is 0 Å². The van der Waals surface area contributed by atoms with E-state index in [1.54, 1.807) is 0 Å². The maximum absolute atomic E-state index is 2.21. The van der Waals surface area contributed by atoms with Crippen molar-refractivity contribution >= 4 is 34.5 Å².